The molecule has 0 radical (unpaired) electrons. The molecule has 0 spiro atoms. The molecular weight excluding hydrogens is 865 g/mol. The molecule has 0 aromatic heterocycles. The monoisotopic (exact) mass is 914 g/mol. The van der Waals surface area contributed by atoms with Gasteiger partial charge in [-0.3, -0.25) is 4.18 Å². The third-order valence-corrected chi connectivity index (χ3v) is 14.0. The van der Waals surface area contributed by atoms with E-state index in [1.54, 1.807) is 108 Å². The minimum Gasteiger partial charge on any atom is -0.497 e. The molecule has 0 aliphatic carbocycles. The van der Waals surface area contributed by atoms with Gasteiger partial charge in [-0.05, 0) is 114 Å². The van der Waals surface area contributed by atoms with Crippen LogP contribution in [0, 0.1) is 44.5 Å². The topological polar surface area (TPSA) is 172 Å². The maximum Gasteiger partial charge on any atom is 0.298 e. The molecular formula is C48H50O14S2. The first-order valence-corrected chi connectivity index (χ1v) is 23.4. The van der Waals surface area contributed by atoms with E-state index in [4.69, 9.17) is 41.5 Å². The number of aryl methyl sites for hydroxylation is 3. The van der Waals surface area contributed by atoms with Crippen LogP contribution in [0.3, 0.4) is 0 Å². The number of benzene rings is 4. The molecule has 338 valence electrons. The quantitative estimate of drug-likeness (QED) is 0.154. The largest absolute Gasteiger partial charge is 0.497 e. The average molecular weight is 915 g/mol. The van der Waals surface area contributed by atoms with Gasteiger partial charge in [0.25, 0.3) is 20.2 Å². The summed E-state index contributed by atoms with van der Waals surface area (Å²) in [5, 5.41) is 12.5. The Morgan fingerprint density at radius 3 is 1.94 bits per heavy atom. The lowest BCUT2D eigenvalue weighted by Crippen LogP contribution is -2.53. The van der Waals surface area contributed by atoms with Gasteiger partial charge in [-0.1, -0.05) is 71.2 Å². The van der Waals surface area contributed by atoms with Gasteiger partial charge in [0.1, 0.15) is 18.0 Å². The van der Waals surface area contributed by atoms with E-state index in [0.29, 0.717) is 22.4 Å². The van der Waals surface area contributed by atoms with E-state index in [-0.39, 0.29) is 21.8 Å². The first-order chi connectivity index (χ1) is 30.1. The van der Waals surface area contributed by atoms with Crippen molar-refractivity contribution in [3.63, 3.8) is 0 Å². The van der Waals surface area contributed by atoms with E-state index in [1.165, 1.54) is 18.2 Å². The first-order valence-electron chi connectivity index (χ1n) is 20.6. The highest BCUT2D eigenvalue weighted by Gasteiger charge is 2.67. The second-order valence-electron chi connectivity index (χ2n) is 17.2. The number of aliphatic hydroxyl groups is 1. The third-order valence-electron chi connectivity index (χ3n) is 11.3. The molecule has 4 aliphatic heterocycles. The molecule has 0 amide bonds. The number of ether oxygens (including phenoxy) is 7. The molecule has 14 nitrogen and oxygen atoms in total. The Morgan fingerprint density at radius 1 is 0.656 bits per heavy atom. The highest BCUT2D eigenvalue weighted by atomic mass is 32.2. The zero-order valence-electron chi connectivity index (χ0n) is 36.6. The summed E-state index contributed by atoms with van der Waals surface area (Å²) in [6.45, 7) is 11.4. The predicted octanol–water partition coefficient (Wildman–Crippen LogP) is 5.60. The highest BCUT2D eigenvalue weighted by Crippen LogP contribution is 2.48. The first kappa shape index (κ1) is 45.9. The maximum absolute atomic E-state index is 15.1. The van der Waals surface area contributed by atoms with Crippen molar-refractivity contribution in [1.29, 1.82) is 0 Å². The number of methoxy groups -OCH3 is 1. The van der Waals surface area contributed by atoms with Gasteiger partial charge in [-0.15, -0.1) is 0 Å². The molecule has 4 saturated heterocycles. The fourth-order valence-electron chi connectivity index (χ4n) is 8.14. The van der Waals surface area contributed by atoms with E-state index in [2.05, 4.69) is 23.7 Å². The van der Waals surface area contributed by atoms with Gasteiger partial charge in [0.2, 0.25) is 5.60 Å². The van der Waals surface area contributed by atoms with E-state index in [9.17, 15) is 13.5 Å². The van der Waals surface area contributed by atoms with Crippen LogP contribution in [0.15, 0.2) is 101 Å². The number of rotatable bonds is 10. The van der Waals surface area contributed by atoms with Crippen LogP contribution >= 0.6 is 0 Å². The van der Waals surface area contributed by atoms with Crippen molar-refractivity contribution in [2.75, 3.05) is 13.7 Å². The van der Waals surface area contributed by atoms with Crippen LogP contribution in [-0.4, -0.2) is 95.4 Å². The number of fused-ring (bicyclic) bond motifs is 2. The summed E-state index contributed by atoms with van der Waals surface area (Å²) >= 11 is 0. The summed E-state index contributed by atoms with van der Waals surface area (Å²) in [5.74, 6) is 10.3. The fraction of sp³-hybridized carbons (Fsp3) is 0.417. The van der Waals surface area contributed by atoms with Crippen molar-refractivity contribution in [3.8, 4) is 29.4 Å². The molecule has 16 heteroatoms. The van der Waals surface area contributed by atoms with Crippen molar-refractivity contribution < 1.29 is 63.5 Å². The molecule has 8 rings (SSSR count). The molecule has 4 heterocycles. The second kappa shape index (κ2) is 17.0. The second-order valence-corrected chi connectivity index (χ2v) is 20.3. The lowest BCUT2D eigenvalue weighted by atomic mass is 9.88. The molecule has 8 atom stereocenters. The Morgan fingerprint density at radius 2 is 1.27 bits per heavy atom. The minimum atomic E-state index is -4.93. The summed E-state index contributed by atoms with van der Waals surface area (Å²) in [6.07, 6.45) is -7.56. The molecule has 4 aromatic carbocycles. The van der Waals surface area contributed by atoms with Crippen LogP contribution < -0.4 is 4.74 Å². The van der Waals surface area contributed by atoms with Crippen molar-refractivity contribution in [1.82, 2.24) is 0 Å². The molecule has 4 fully saturated rings. The number of hydrogen-bond acceptors (Lipinski definition) is 14. The van der Waals surface area contributed by atoms with Crippen LogP contribution in [0.2, 0.25) is 0 Å². The van der Waals surface area contributed by atoms with Crippen molar-refractivity contribution in [2.24, 2.45) is 0 Å². The predicted molar refractivity (Wildman–Crippen MR) is 230 cm³/mol. The SMILES string of the molecule is COc1ccc(C#C[C@@]2(O)C(Cc3cc(C)ccc3S(=O)(=O)O[C@]3(C#Cc4cccc(C)c4)C(COS(=O)(=O)c4ccc(C)cc4)O[C@@H]4OC(C)(C)O[C@@H]43)O[C@@H]3OC(C)(C)O[C@@H]32)cc1. The van der Waals surface area contributed by atoms with Crippen molar-refractivity contribution in [3.05, 3.63) is 124 Å². The van der Waals surface area contributed by atoms with Crippen LogP contribution in [0.1, 0.15) is 61.1 Å². The van der Waals surface area contributed by atoms with Crippen molar-refractivity contribution in [2.45, 2.75) is 124 Å². The fourth-order valence-corrected chi connectivity index (χ4v) is 10.4. The molecule has 0 bridgehead atoms. The summed E-state index contributed by atoms with van der Waals surface area (Å²) in [7, 11) is -7.77. The van der Waals surface area contributed by atoms with Crippen LogP contribution in [0.5, 0.6) is 5.75 Å². The highest BCUT2D eigenvalue weighted by molar-refractivity contribution is 7.87. The van der Waals surface area contributed by atoms with Gasteiger partial charge in [-0.2, -0.15) is 16.8 Å². The normalized spacial score (nSPS) is 29.0. The van der Waals surface area contributed by atoms with E-state index >= 15 is 8.42 Å². The molecule has 2 unspecified atom stereocenters. The maximum atomic E-state index is 15.1. The number of hydrogen-bond donors (Lipinski definition) is 1. The summed E-state index contributed by atoms with van der Waals surface area (Å²) < 4.78 is 112. The molecule has 0 saturated carbocycles. The summed E-state index contributed by atoms with van der Waals surface area (Å²) in [5.41, 5.74) is -0.566. The van der Waals surface area contributed by atoms with Gasteiger partial charge < -0.3 is 38.3 Å². The van der Waals surface area contributed by atoms with Gasteiger partial charge in [0, 0.05) is 17.5 Å². The van der Waals surface area contributed by atoms with E-state index < -0.39 is 86.6 Å². The van der Waals surface area contributed by atoms with E-state index in [0.717, 1.165) is 11.1 Å². The zero-order valence-corrected chi connectivity index (χ0v) is 38.2. The molecule has 4 aliphatic rings. The van der Waals surface area contributed by atoms with Gasteiger partial charge in [-0.25, -0.2) is 4.18 Å². The van der Waals surface area contributed by atoms with Crippen LogP contribution in [-0.2, 0) is 63.4 Å². The van der Waals surface area contributed by atoms with E-state index in [1.807, 2.05) is 19.9 Å². The summed E-state index contributed by atoms with van der Waals surface area (Å²) in [6, 6.07) is 24.8. The smallest absolute Gasteiger partial charge is 0.298 e. The van der Waals surface area contributed by atoms with Gasteiger partial charge >= 0.3 is 0 Å². The lowest BCUT2D eigenvalue weighted by Gasteiger charge is -2.33. The summed E-state index contributed by atoms with van der Waals surface area (Å²) in [4.78, 5) is -0.415. The van der Waals surface area contributed by atoms with Gasteiger partial charge in [0.05, 0.1) is 23.5 Å². The Bertz CT molecular complexity index is 2770. The average Bonchev–Trinajstić information content (AvgIpc) is 3.88. The molecule has 4 aromatic rings. The Balaban J connectivity index is 1.19. The molecule has 1 N–H and O–H groups in total. The lowest BCUT2D eigenvalue weighted by molar-refractivity contribution is -0.222. The Hall–Kier alpha value is -4.66. The van der Waals surface area contributed by atoms with Crippen LogP contribution in [0.25, 0.3) is 0 Å². The third kappa shape index (κ3) is 9.24. The van der Waals surface area contributed by atoms with Crippen molar-refractivity contribution >= 4 is 20.2 Å². The minimum absolute atomic E-state index is 0.120. The standard InChI is InChI=1S/C48H50O14S2/c1-30-12-19-37(20-13-30)63(50,51)55-29-40-48(25-23-34-11-9-10-31(2)26-34,42-44(57-40)61-46(6,7)59-42)62-64(52,53)38-21-14-32(3)27-35(38)28-39-47(49,41-43(56-39)60-45(4,5)58-41)24-22-33-15-17-36(54-8)18-16-33/h9-21,26-27,39-44,49H,28-29H2,1-8H3/t39?,40?,41-,42-,43+,44+,47+,48+/m0/s1. The molecule has 64 heavy (non-hydrogen) atoms. The Labute approximate surface area is 374 Å². The Kier molecular flexibility index (Phi) is 12.2. The van der Waals surface area contributed by atoms with Crippen LogP contribution in [0.4, 0.5) is 0 Å². The van der Waals surface area contributed by atoms with Gasteiger partial charge in [0.15, 0.2) is 42.0 Å². The zero-order chi connectivity index (χ0) is 45.9.